The lowest BCUT2D eigenvalue weighted by Gasteiger charge is -2.32. The van der Waals surface area contributed by atoms with Gasteiger partial charge in [0.25, 0.3) is 0 Å². The molecule has 2 rings (SSSR count). The van der Waals surface area contributed by atoms with E-state index in [-0.39, 0.29) is 24.1 Å². The highest BCUT2D eigenvalue weighted by Gasteiger charge is 2.52. The molecule has 1 unspecified atom stereocenters. The molecule has 1 heterocycles. The van der Waals surface area contributed by atoms with Gasteiger partial charge in [-0.2, -0.15) is 0 Å². The highest BCUT2D eigenvalue weighted by molar-refractivity contribution is 6.47. The molecule has 0 aromatic heterocycles. The van der Waals surface area contributed by atoms with E-state index in [0.29, 0.717) is 0 Å². The summed E-state index contributed by atoms with van der Waals surface area (Å²) >= 11 is 0. The van der Waals surface area contributed by atoms with E-state index in [9.17, 15) is 0 Å². The molecule has 0 saturated carbocycles. The number of aryl methyl sites for hydroxylation is 1. The Bertz CT molecular complexity index is 407. The molecule has 3 heteroatoms. The molecule has 0 aliphatic carbocycles. The fourth-order valence-corrected chi connectivity index (χ4v) is 2.12. The van der Waals surface area contributed by atoms with Gasteiger partial charge in [0, 0.05) is 5.82 Å². The molecule has 0 spiro atoms. The van der Waals surface area contributed by atoms with Crippen molar-refractivity contribution in [3.05, 3.63) is 35.4 Å². The van der Waals surface area contributed by atoms with Crippen LogP contribution in [0.1, 0.15) is 51.6 Å². The average Bonchev–Trinajstić information content (AvgIpc) is 2.48. The van der Waals surface area contributed by atoms with E-state index in [1.165, 1.54) is 11.1 Å². The summed E-state index contributed by atoms with van der Waals surface area (Å²) in [4.78, 5) is 0. The van der Waals surface area contributed by atoms with Crippen molar-refractivity contribution in [1.29, 1.82) is 0 Å². The topological polar surface area (TPSA) is 18.5 Å². The molecule has 0 amide bonds. The van der Waals surface area contributed by atoms with E-state index in [1.807, 2.05) is 0 Å². The number of rotatable bonds is 2. The molecular formula is C15H23BO2. The molecule has 1 fully saturated rings. The molecule has 1 aliphatic rings. The summed E-state index contributed by atoms with van der Waals surface area (Å²) in [6.07, 6.45) is 0. The predicted molar refractivity (Wildman–Crippen MR) is 75.7 cm³/mol. The summed E-state index contributed by atoms with van der Waals surface area (Å²) in [5, 5.41) is 0. The Morgan fingerprint density at radius 1 is 0.944 bits per heavy atom. The van der Waals surface area contributed by atoms with Gasteiger partial charge in [-0.3, -0.25) is 0 Å². The van der Waals surface area contributed by atoms with Crippen LogP contribution in [-0.4, -0.2) is 18.3 Å². The molecule has 0 bridgehead atoms. The summed E-state index contributed by atoms with van der Waals surface area (Å²) in [6.45, 7) is 12.6. The van der Waals surface area contributed by atoms with E-state index >= 15 is 0 Å². The Morgan fingerprint density at radius 3 is 1.83 bits per heavy atom. The van der Waals surface area contributed by atoms with Crippen LogP contribution < -0.4 is 0 Å². The minimum Gasteiger partial charge on any atom is -0.403 e. The van der Waals surface area contributed by atoms with Gasteiger partial charge >= 0.3 is 7.12 Å². The zero-order valence-corrected chi connectivity index (χ0v) is 12.3. The second-order valence-corrected chi connectivity index (χ2v) is 6.32. The first-order chi connectivity index (χ1) is 8.23. The Balaban J connectivity index is 2.17. The van der Waals surface area contributed by atoms with E-state index in [0.717, 1.165) is 0 Å². The van der Waals surface area contributed by atoms with Gasteiger partial charge in [-0.15, -0.1) is 0 Å². The zero-order valence-electron chi connectivity index (χ0n) is 12.3. The van der Waals surface area contributed by atoms with Gasteiger partial charge < -0.3 is 9.31 Å². The summed E-state index contributed by atoms with van der Waals surface area (Å²) in [5.74, 6) is 0.242. The molecule has 0 radical (unpaired) electrons. The molecule has 0 N–H and O–H groups in total. The summed E-state index contributed by atoms with van der Waals surface area (Å²) in [7, 11) is -0.169. The standard InChI is InChI=1S/C15H23BO2/c1-11-7-9-13(10-8-11)12(2)16-17-14(3,4)15(5,6)18-16/h7-10,12H,1-6H3. The third-order valence-electron chi connectivity index (χ3n) is 4.28. The van der Waals surface area contributed by atoms with Gasteiger partial charge in [-0.05, 0) is 40.2 Å². The van der Waals surface area contributed by atoms with E-state index in [2.05, 4.69) is 65.8 Å². The maximum absolute atomic E-state index is 6.09. The van der Waals surface area contributed by atoms with Gasteiger partial charge in [0.15, 0.2) is 0 Å². The third kappa shape index (κ3) is 2.34. The van der Waals surface area contributed by atoms with Crippen LogP contribution in [0.4, 0.5) is 0 Å². The molecular weight excluding hydrogens is 223 g/mol. The van der Waals surface area contributed by atoms with Crippen LogP contribution in [0.25, 0.3) is 0 Å². The van der Waals surface area contributed by atoms with Crippen LogP contribution in [0.15, 0.2) is 24.3 Å². The lowest BCUT2D eigenvalue weighted by Crippen LogP contribution is -2.41. The summed E-state index contributed by atoms with van der Waals surface area (Å²) in [5.41, 5.74) is 2.03. The van der Waals surface area contributed by atoms with Crippen LogP contribution >= 0.6 is 0 Å². The maximum atomic E-state index is 6.09. The first-order valence-corrected chi connectivity index (χ1v) is 6.65. The van der Waals surface area contributed by atoms with E-state index in [1.54, 1.807) is 0 Å². The molecule has 98 valence electrons. The summed E-state index contributed by atoms with van der Waals surface area (Å²) in [6, 6.07) is 8.59. The van der Waals surface area contributed by atoms with Crippen molar-refractivity contribution in [1.82, 2.24) is 0 Å². The predicted octanol–water partition coefficient (Wildman–Crippen LogP) is 3.73. The Labute approximate surface area is 111 Å². The fraction of sp³-hybridized carbons (Fsp3) is 0.600. The monoisotopic (exact) mass is 246 g/mol. The summed E-state index contributed by atoms with van der Waals surface area (Å²) < 4.78 is 12.2. The minimum atomic E-state index is -0.253. The molecule has 18 heavy (non-hydrogen) atoms. The number of benzene rings is 1. The van der Waals surface area contributed by atoms with Crippen LogP contribution in [-0.2, 0) is 9.31 Å². The van der Waals surface area contributed by atoms with Crippen molar-refractivity contribution < 1.29 is 9.31 Å². The Morgan fingerprint density at radius 2 is 1.39 bits per heavy atom. The third-order valence-corrected chi connectivity index (χ3v) is 4.28. The lowest BCUT2D eigenvalue weighted by atomic mass is 9.69. The van der Waals surface area contributed by atoms with Crippen LogP contribution in [0.2, 0.25) is 0 Å². The van der Waals surface area contributed by atoms with Crippen LogP contribution in [0.5, 0.6) is 0 Å². The van der Waals surface area contributed by atoms with Crippen molar-refractivity contribution in [3.63, 3.8) is 0 Å². The van der Waals surface area contributed by atoms with Crippen LogP contribution in [0.3, 0.4) is 0 Å². The largest absolute Gasteiger partial charge is 0.465 e. The normalized spacial score (nSPS) is 23.1. The molecule has 2 nitrogen and oxygen atoms in total. The second kappa shape index (κ2) is 4.39. The highest BCUT2D eigenvalue weighted by atomic mass is 16.7. The molecule has 1 saturated heterocycles. The quantitative estimate of drug-likeness (QED) is 0.740. The van der Waals surface area contributed by atoms with Crippen molar-refractivity contribution in [2.24, 2.45) is 0 Å². The van der Waals surface area contributed by atoms with Crippen LogP contribution in [0, 0.1) is 6.92 Å². The number of hydrogen-bond donors (Lipinski definition) is 0. The molecule has 1 aromatic carbocycles. The Kier molecular flexibility index (Phi) is 3.33. The molecule has 1 aliphatic heterocycles. The van der Waals surface area contributed by atoms with Gasteiger partial charge in [0.1, 0.15) is 0 Å². The maximum Gasteiger partial charge on any atom is 0.465 e. The minimum absolute atomic E-state index is 0.169. The van der Waals surface area contributed by atoms with Gasteiger partial charge in [0.05, 0.1) is 11.2 Å². The first kappa shape index (κ1) is 13.6. The molecule has 1 atom stereocenters. The van der Waals surface area contributed by atoms with Gasteiger partial charge in [0.2, 0.25) is 0 Å². The van der Waals surface area contributed by atoms with E-state index in [4.69, 9.17) is 9.31 Å². The van der Waals surface area contributed by atoms with E-state index < -0.39 is 0 Å². The van der Waals surface area contributed by atoms with Gasteiger partial charge in [-0.25, -0.2) is 0 Å². The highest BCUT2D eigenvalue weighted by Crippen LogP contribution is 2.40. The first-order valence-electron chi connectivity index (χ1n) is 6.65. The number of hydrogen-bond acceptors (Lipinski definition) is 2. The average molecular weight is 246 g/mol. The van der Waals surface area contributed by atoms with Crippen molar-refractivity contribution in [2.75, 3.05) is 0 Å². The smallest absolute Gasteiger partial charge is 0.403 e. The van der Waals surface area contributed by atoms with Crippen molar-refractivity contribution in [2.45, 2.75) is 58.6 Å². The Hall–Kier alpha value is -0.795. The lowest BCUT2D eigenvalue weighted by molar-refractivity contribution is 0.00578. The second-order valence-electron chi connectivity index (χ2n) is 6.32. The molecule has 1 aromatic rings. The van der Waals surface area contributed by atoms with Gasteiger partial charge in [-0.1, -0.05) is 36.8 Å². The SMILES string of the molecule is Cc1ccc(C(C)B2OC(C)(C)C(C)(C)O2)cc1. The fourth-order valence-electron chi connectivity index (χ4n) is 2.12. The van der Waals surface area contributed by atoms with Crippen molar-refractivity contribution in [3.8, 4) is 0 Å². The zero-order chi connectivity index (χ0) is 13.6. The van der Waals surface area contributed by atoms with Crippen molar-refractivity contribution >= 4 is 7.12 Å².